The van der Waals surface area contributed by atoms with E-state index in [-0.39, 0.29) is 12.6 Å². The predicted molar refractivity (Wildman–Crippen MR) is 114 cm³/mol. The number of carbonyl (C=O) groups is 2. The molecule has 1 aliphatic rings. The molecule has 0 spiro atoms. The van der Waals surface area contributed by atoms with E-state index in [9.17, 15) is 9.59 Å². The van der Waals surface area contributed by atoms with Gasteiger partial charge in [-0.25, -0.2) is 9.59 Å². The van der Waals surface area contributed by atoms with Crippen molar-refractivity contribution in [3.63, 3.8) is 0 Å². The molecule has 0 radical (unpaired) electrons. The summed E-state index contributed by atoms with van der Waals surface area (Å²) in [5.74, 6) is -0.435. The van der Waals surface area contributed by atoms with Crippen LogP contribution in [-0.2, 0) is 9.53 Å². The standard InChI is InChI=1S/C23H27N3O3/c1-3-5-15-26-21(17-9-7-6-8-10-17)19(22(27)29-4-2)20(25-23(26)28)16-11-13-18(24)14-12-16/h6-14,20H,3-5,15,24H2,1-2H3,(H,25,28)/t20-/m0/s1. The van der Waals surface area contributed by atoms with E-state index in [1.165, 1.54) is 0 Å². The number of anilines is 1. The molecular formula is C23H27N3O3. The van der Waals surface area contributed by atoms with E-state index in [1.54, 1.807) is 24.0 Å². The summed E-state index contributed by atoms with van der Waals surface area (Å²) in [7, 11) is 0. The maximum Gasteiger partial charge on any atom is 0.338 e. The summed E-state index contributed by atoms with van der Waals surface area (Å²) in [5.41, 5.74) is 9.05. The van der Waals surface area contributed by atoms with E-state index < -0.39 is 12.0 Å². The van der Waals surface area contributed by atoms with E-state index in [0.717, 1.165) is 24.0 Å². The summed E-state index contributed by atoms with van der Waals surface area (Å²) in [5, 5.41) is 2.99. The summed E-state index contributed by atoms with van der Waals surface area (Å²) in [6.07, 6.45) is 1.76. The summed E-state index contributed by atoms with van der Waals surface area (Å²) in [6, 6.07) is 15.8. The zero-order valence-corrected chi connectivity index (χ0v) is 16.9. The van der Waals surface area contributed by atoms with Gasteiger partial charge in [-0.1, -0.05) is 55.8 Å². The molecule has 2 amide bonds. The maximum atomic E-state index is 13.1. The van der Waals surface area contributed by atoms with Gasteiger partial charge in [-0.2, -0.15) is 0 Å². The lowest BCUT2D eigenvalue weighted by Crippen LogP contribution is -2.48. The fraction of sp³-hybridized carbons (Fsp3) is 0.304. The number of rotatable bonds is 7. The number of nitrogens with one attached hydrogen (secondary N) is 1. The lowest BCUT2D eigenvalue weighted by Gasteiger charge is -2.37. The molecule has 29 heavy (non-hydrogen) atoms. The number of unbranched alkanes of at least 4 members (excludes halogenated alkanes) is 1. The molecule has 0 saturated heterocycles. The van der Waals surface area contributed by atoms with Gasteiger partial charge in [-0.15, -0.1) is 0 Å². The minimum absolute atomic E-state index is 0.229. The zero-order valence-electron chi connectivity index (χ0n) is 16.9. The van der Waals surface area contributed by atoms with E-state index in [1.807, 2.05) is 42.5 Å². The molecule has 0 saturated carbocycles. The summed E-state index contributed by atoms with van der Waals surface area (Å²) in [6.45, 7) is 4.61. The van der Waals surface area contributed by atoms with Gasteiger partial charge in [0.25, 0.3) is 0 Å². The van der Waals surface area contributed by atoms with Crippen LogP contribution < -0.4 is 11.1 Å². The topological polar surface area (TPSA) is 84.7 Å². The molecule has 0 aliphatic carbocycles. The first-order chi connectivity index (χ1) is 14.1. The van der Waals surface area contributed by atoms with Crippen molar-refractivity contribution in [1.82, 2.24) is 10.2 Å². The molecule has 2 aromatic rings. The number of ether oxygens (including phenoxy) is 1. The predicted octanol–water partition coefficient (Wildman–Crippen LogP) is 4.11. The third-order valence-electron chi connectivity index (χ3n) is 4.87. The number of nitrogens with two attached hydrogens (primary N) is 1. The van der Waals surface area contributed by atoms with Gasteiger partial charge in [-0.05, 0) is 36.6 Å². The Balaban J connectivity index is 2.22. The zero-order chi connectivity index (χ0) is 20.8. The van der Waals surface area contributed by atoms with Crippen LogP contribution in [0.3, 0.4) is 0 Å². The summed E-state index contributed by atoms with van der Waals surface area (Å²) < 4.78 is 5.40. The Morgan fingerprint density at radius 1 is 1.10 bits per heavy atom. The van der Waals surface area contributed by atoms with Crippen molar-refractivity contribution in [3.8, 4) is 0 Å². The first-order valence-corrected chi connectivity index (χ1v) is 9.97. The van der Waals surface area contributed by atoms with Gasteiger partial charge in [0.1, 0.15) is 0 Å². The highest BCUT2D eigenvalue weighted by atomic mass is 16.5. The SMILES string of the molecule is CCCCN1C(=O)N[C@@H](c2ccc(N)cc2)C(C(=O)OCC)=C1c1ccccc1. The Morgan fingerprint density at radius 3 is 2.41 bits per heavy atom. The second-order valence-corrected chi connectivity index (χ2v) is 6.90. The highest BCUT2D eigenvalue weighted by Crippen LogP contribution is 2.36. The van der Waals surface area contributed by atoms with Crippen molar-refractivity contribution in [2.75, 3.05) is 18.9 Å². The molecule has 1 atom stereocenters. The number of esters is 1. The highest BCUT2D eigenvalue weighted by molar-refractivity contribution is 6.04. The van der Waals surface area contributed by atoms with Crippen LogP contribution in [0.1, 0.15) is 43.9 Å². The van der Waals surface area contributed by atoms with Crippen molar-refractivity contribution >= 4 is 23.4 Å². The lowest BCUT2D eigenvalue weighted by molar-refractivity contribution is -0.138. The first kappa shape index (κ1) is 20.5. The number of hydrogen-bond acceptors (Lipinski definition) is 4. The molecule has 2 aromatic carbocycles. The monoisotopic (exact) mass is 393 g/mol. The van der Waals surface area contributed by atoms with Crippen molar-refractivity contribution in [2.45, 2.75) is 32.7 Å². The van der Waals surface area contributed by atoms with E-state index in [0.29, 0.717) is 23.5 Å². The van der Waals surface area contributed by atoms with Crippen LogP contribution in [-0.4, -0.2) is 30.1 Å². The third kappa shape index (κ3) is 4.42. The van der Waals surface area contributed by atoms with Crippen LogP contribution >= 0.6 is 0 Å². The van der Waals surface area contributed by atoms with Crippen molar-refractivity contribution < 1.29 is 14.3 Å². The summed E-state index contributed by atoms with van der Waals surface area (Å²) >= 11 is 0. The van der Waals surface area contributed by atoms with Gasteiger partial charge >= 0.3 is 12.0 Å². The normalized spacial score (nSPS) is 16.6. The Kier molecular flexibility index (Phi) is 6.54. The van der Waals surface area contributed by atoms with Crippen LogP contribution in [0.5, 0.6) is 0 Å². The number of benzene rings is 2. The largest absolute Gasteiger partial charge is 0.463 e. The van der Waals surface area contributed by atoms with E-state index in [2.05, 4.69) is 12.2 Å². The van der Waals surface area contributed by atoms with Crippen LogP contribution in [0.25, 0.3) is 5.70 Å². The first-order valence-electron chi connectivity index (χ1n) is 9.97. The Labute approximate surface area is 171 Å². The quantitative estimate of drug-likeness (QED) is 0.548. The average Bonchev–Trinajstić information content (AvgIpc) is 2.73. The van der Waals surface area contributed by atoms with E-state index >= 15 is 0 Å². The molecule has 3 N–H and O–H groups in total. The molecule has 0 unspecified atom stereocenters. The molecule has 152 valence electrons. The van der Waals surface area contributed by atoms with Crippen molar-refractivity contribution in [1.29, 1.82) is 0 Å². The molecule has 6 nitrogen and oxygen atoms in total. The van der Waals surface area contributed by atoms with Gasteiger partial charge in [0.05, 0.1) is 23.9 Å². The Bertz CT molecular complexity index is 891. The van der Waals surface area contributed by atoms with Crippen LogP contribution in [0.15, 0.2) is 60.2 Å². The van der Waals surface area contributed by atoms with Crippen molar-refractivity contribution in [2.24, 2.45) is 0 Å². The Morgan fingerprint density at radius 2 is 1.79 bits per heavy atom. The smallest absolute Gasteiger partial charge is 0.338 e. The number of hydrogen-bond donors (Lipinski definition) is 2. The maximum absolute atomic E-state index is 13.1. The molecule has 3 rings (SSSR count). The molecule has 0 bridgehead atoms. The molecular weight excluding hydrogens is 366 g/mol. The van der Waals surface area contributed by atoms with Crippen LogP contribution in [0, 0.1) is 0 Å². The third-order valence-corrected chi connectivity index (χ3v) is 4.87. The minimum atomic E-state index is -0.616. The number of carbonyl (C=O) groups excluding carboxylic acids is 2. The number of nitrogens with zero attached hydrogens (tertiary/aromatic N) is 1. The number of nitrogen functional groups attached to an aromatic ring is 1. The van der Waals surface area contributed by atoms with Gasteiger partial charge in [0.15, 0.2) is 0 Å². The highest BCUT2D eigenvalue weighted by Gasteiger charge is 2.38. The van der Waals surface area contributed by atoms with Gasteiger partial charge in [-0.3, -0.25) is 4.90 Å². The second-order valence-electron chi connectivity index (χ2n) is 6.90. The second kappa shape index (κ2) is 9.28. The number of urea groups is 1. The van der Waals surface area contributed by atoms with Gasteiger partial charge in [0, 0.05) is 12.2 Å². The molecule has 1 heterocycles. The molecule has 0 fully saturated rings. The minimum Gasteiger partial charge on any atom is -0.463 e. The molecule has 0 aromatic heterocycles. The summed E-state index contributed by atoms with van der Waals surface area (Å²) in [4.78, 5) is 27.8. The molecule has 6 heteroatoms. The number of amides is 2. The fourth-order valence-electron chi connectivity index (χ4n) is 3.46. The van der Waals surface area contributed by atoms with E-state index in [4.69, 9.17) is 10.5 Å². The van der Waals surface area contributed by atoms with Crippen molar-refractivity contribution in [3.05, 3.63) is 71.3 Å². The average molecular weight is 393 g/mol. The Hall–Kier alpha value is -3.28. The van der Waals surface area contributed by atoms with Gasteiger partial charge in [0.2, 0.25) is 0 Å². The fourth-order valence-corrected chi connectivity index (χ4v) is 3.46. The lowest BCUT2D eigenvalue weighted by atomic mass is 9.91. The van der Waals surface area contributed by atoms with Crippen LogP contribution in [0.2, 0.25) is 0 Å². The van der Waals surface area contributed by atoms with Crippen LogP contribution in [0.4, 0.5) is 10.5 Å². The van der Waals surface area contributed by atoms with Gasteiger partial charge < -0.3 is 15.8 Å². The molecule has 1 aliphatic heterocycles.